The van der Waals surface area contributed by atoms with Crippen molar-refractivity contribution in [2.45, 2.75) is 32.1 Å². The van der Waals surface area contributed by atoms with Crippen LogP contribution in [-0.2, 0) is 6.42 Å². The molecular weight excluding hydrogens is 306 g/mol. The Morgan fingerprint density at radius 2 is 1.68 bits per heavy atom. The predicted octanol–water partition coefficient (Wildman–Crippen LogP) is 3.79. The molecule has 108 valence electrons. The first-order chi connectivity index (χ1) is 9.22. The first kappa shape index (κ1) is 16.3. The molecule has 19 heavy (non-hydrogen) atoms. The number of hydrogen-bond acceptors (Lipinski definition) is 3. The van der Waals surface area contributed by atoms with Crippen LogP contribution in [0.2, 0.25) is 0 Å². The van der Waals surface area contributed by atoms with Crippen molar-refractivity contribution in [1.82, 2.24) is 5.32 Å². The number of methoxy groups -OCH3 is 2. The highest BCUT2D eigenvalue weighted by atomic mass is 79.9. The molecule has 0 saturated carbocycles. The first-order valence-electron chi connectivity index (χ1n) is 6.78. The number of halogens is 1. The lowest BCUT2D eigenvalue weighted by atomic mass is 10.0. The molecule has 1 rings (SSSR count). The monoisotopic (exact) mass is 329 g/mol. The van der Waals surface area contributed by atoms with E-state index in [0.29, 0.717) is 0 Å². The molecule has 0 radical (unpaired) electrons. The van der Waals surface area contributed by atoms with Gasteiger partial charge in [-0.05, 0) is 66.5 Å². The largest absolute Gasteiger partial charge is 0.496 e. The van der Waals surface area contributed by atoms with Crippen LogP contribution in [0.4, 0.5) is 0 Å². The molecule has 0 unspecified atom stereocenters. The molecule has 0 saturated heterocycles. The summed E-state index contributed by atoms with van der Waals surface area (Å²) in [7, 11) is 5.40. The second-order valence-electron chi connectivity index (χ2n) is 4.57. The summed E-state index contributed by atoms with van der Waals surface area (Å²) in [6.45, 7) is 1.11. The number of ether oxygens (including phenoxy) is 2. The highest BCUT2D eigenvalue weighted by Gasteiger charge is 2.09. The summed E-state index contributed by atoms with van der Waals surface area (Å²) in [6, 6.07) is 4.05. The SMILES string of the molecule is CNCCCCCCc1cc(OC)c(Br)cc1OC. The van der Waals surface area contributed by atoms with E-state index in [1.165, 1.54) is 31.2 Å². The molecule has 0 spiro atoms. The lowest BCUT2D eigenvalue weighted by Gasteiger charge is -2.12. The Hall–Kier alpha value is -0.740. The van der Waals surface area contributed by atoms with Crippen molar-refractivity contribution in [2.75, 3.05) is 27.8 Å². The van der Waals surface area contributed by atoms with E-state index in [2.05, 4.69) is 27.3 Å². The second-order valence-corrected chi connectivity index (χ2v) is 5.42. The summed E-state index contributed by atoms with van der Waals surface area (Å²) in [5.74, 6) is 1.80. The molecule has 4 heteroatoms. The van der Waals surface area contributed by atoms with Crippen molar-refractivity contribution in [3.8, 4) is 11.5 Å². The van der Waals surface area contributed by atoms with Gasteiger partial charge in [0.1, 0.15) is 11.5 Å². The summed E-state index contributed by atoms with van der Waals surface area (Å²) in [5.41, 5.74) is 1.22. The van der Waals surface area contributed by atoms with Gasteiger partial charge in [0.15, 0.2) is 0 Å². The van der Waals surface area contributed by atoms with Crippen LogP contribution in [0, 0.1) is 0 Å². The summed E-state index contributed by atoms with van der Waals surface area (Å²) >= 11 is 3.48. The molecule has 0 atom stereocenters. The average molecular weight is 330 g/mol. The van der Waals surface area contributed by atoms with E-state index in [1.807, 2.05) is 13.1 Å². The molecular formula is C15H24BrNO2. The molecule has 3 nitrogen and oxygen atoms in total. The van der Waals surface area contributed by atoms with E-state index in [0.717, 1.165) is 28.9 Å². The minimum absolute atomic E-state index is 0.867. The van der Waals surface area contributed by atoms with Crippen molar-refractivity contribution < 1.29 is 9.47 Å². The zero-order valence-corrected chi connectivity index (χ0v) is 13.7. The van der Waals surface area contributed by atoms with E-state index >= 15 is 0 Å². The molecule has 0 heterocycles. The quantitative estimate of drug-likeness (QED) is 0.699. The molecule has 0 aliphatic heterocycles. The minimum atomic E-state index is 0.867. The Morgan fingerprint density at radius 1 is 1.00 bits per heavy atom. The zero-order chi connectivity index (χ0) is 14.1. The van der Waals surface area contributed by atoms with E-state index < -0.39 is 0 Å². The van der Waals surface area contributed by atoms with Crippen LogP contribution in [0.3, 0.4) is 0 Å². The van der Waals surface area contributed by atoms with Gasteiger partial charge in [0.05, 0.1) is 18.7 Å². The van der Waals surface area contributed by atoms with Crippen molar-refractivity contribution in [1.29, 1.82) is 0 Å². The summed E-state index contributed by atoms with van der Waals surface area (Å²) in [6.07, 6.45) is 5.99. The van der Waals surface area contributed by atoms with Crippen LogP contribution < -0.4 is 14.8 Å². The summed E-state index contributed by atoms with van der Waals surface area (Å²) in [4.78, 5) is 0. The van der Waals surface area contributed by atoms with Crippen LogP contribution in [0.5, 0.6) is 11.5 Å². The molecule has 1 aromatic carbocycles. The van der Waals surface area contributed by atoms with Crippen LogP contribution in [0.15, 0.2) is 16.6 Å². The number of nitrogens with one attached hydrogen (secondary N) is 1. The van der Waals surface area contributed by atoms with Gasteiger partial charge in [0, 0.05) is 0 Å². The second kappa shape index (κ2) is 9.21. The maximum Gasteiger partial charge on any atom is 0.133 e. The Kier molecular flexibility index (Phi) is 7.91. The van der Waals surface area contributed by atoms with Crippen molar-refractivity contribution in [3.63, 3.8) is 0 Å². The van der Waals surface area contributed by atoms with E-state index in [1.54, 1.807) is 14.2 Å². The number of unbranched alkanes of at least 4 members (excludes halogenated alkanes) is 3. The number of hydrogen-bond donors (Lipinski definition) is 1. The molecule has 0 aliphatic carbocycles. The van der Waals surface area contributed by atoms with E-state index in [9.17, 15) is 0 Å². The fraction of sp³-hybridized carbons (Fsp3) is 0.600. The fourth-order valence-electron chi connectivity index (χ4n) is 2.09. The molecule has 1 aromatic rings. The summed E-state index contributed by atoms with van der Waals surface area (Å²) < 4.78 is 11.7. The topological polar surface area (TPSA) is 30.5 Å². The first-order valence-corrected chi connectivity index (χ1v) is 7.57. The average Bonchev–Trinajstić information content (AvgIpc) is 2.43. The van der Waals surface area contributed by atoms with Gasteiger partial charge in [-0.3, -0.25) is 0 Å². The predicted molar refractivity (Wildman–Crippen MR) is 83.3 cm³/mol. The zero-order valence-electron chi connectivity index (χ0n) is 12.1. The van der Waals surface area contributed by atoms with Crippen molar-refractivity contribution in [2.24, 2.45) is 0 Å². The van der Waals surface area contributed by atoms with Gasteiger partial charge >= 0.3 is 0 Å². The number of aryl methyl sites for hydroxylation is 1. The van der Waals surface area contributed by atoms with Gasteiger partial charge in [0.25, 0.3) is 0 Å². The third-order valence-electron chi connectivity index (χ3n) is 3.18. The van der Waals surface area contributed by atoms with Gasteiger partial charge in [-0.1, -0.05) is 12.8 Å². The maximum atomic E-state index is 5.43. The third-order valence-corrected chi connectivity index (χ3v) is 3.80. The lowest BCUT2D eigenvalue weighted by Crippen LogP contribution is -2.06. The van der Waals surface area contributed by atoms with Gasteiger partial charge in [0.2, 0.25) is 0 Å². The smallest absolute Gasteiger partial charge is 0.133 e. The normalized spacial score (nSPS) is 10.5. The van der Waals surface area contributed by atoms with Crippen LogP contribution >= 0.6 is 15.9 Å². The molecule has 0 fully saturated rings. The fourth-order valence-corrected chi connectivity index (χ4v) is 2.57. The van der Waals surface area contributed by atoms with Gasteiger partial charge < -0.3 is 14.8 Å². The molecule has 0 bridgehead atoms. The highest BCUT2D eigenvalue weighted by molar-refractivity contribution is 9.10. The van der Waals surface area contributed by atoms with E-state index in [4.69, 9.17) is 9.47 Å². The van der Waals surface area contributed by atoms with Crippen LogP contribution in [0.25, 0.3) is 0 Å². The van der Waals surface area contributed by atoms with Crippen molar-refractivity contribution >= 4 is 15.9 Å². The number of benzene rings is 1. The van der Waals surface area contributed by atoms with Crippen LogP contribution in [-0.4, -0.2) is 27.8 Å². The van der Waals surface area contributed by atoms with Crippen LogP contribution in [0.1, 0.15) is 31.2 Å². The van der Waals surface area contributed by atoms with Crippen molar-refractivity contribution in [3.05, 3.63) is 22.2 Å². The van der Waals surface area contributed by atoms with Gasteiger partial charge in [-0.2, -0.15) is 0 Å². The molecule has 0 aliphatic rings. The van der Waals surface area contributed by atoms with Gasteiger partial charge in [-0.15, -0.1) is 0 Å². The Balaban J connectivity index is 2.51. The Morgan fingerprint density at radius 3 is 2.32 bits per heavy atom. The van der Waals surface area contributed by atoms with E-state index in [-0.39, 0.29) is 0 Å². The minimum Gasteiger partial charge on any atom is -0.496 e. The molecule has 0 amide bonds. The Labute approximate surface area is 124 Å². The lowest BCUT2D eigenvalue weighted by molar-refractivity contribution is 0.396. The maximum absolute atomic E-state index is 5.43. The standard InChI is InChI=1S/C15H24BrNO2/c1-17-9-7-5-4-6-8-12-10-15(19-3)13(16)11-14(12)18-2/h10-11,17H,4-9H2,1-3H3. The molecule has 0 aromatic heterocycles. The number of rotatable bonds is 9. The Bertz CT molecular complexity index is 383. The molecule has 1 N–H and O–H groups in total. The van der Waals surface area contributed by atoms with Gasteiger partial charge in [-0.25, -0.2) is 0 Å². The summed E-state index contributed by atoms with van der Waals surface area (Å²) in [5, 5.41) is 3.17. The highest BCUT2D eigenvalue weighted by Crippen LogP contribution is 2.33. The third kappa shape index (κ3) is 5.41.